The zero-order chi connectivity index (χ0) is 10.8. The Morgan fingerprint density at radius 2 is 2.21 bits per heavy atom. The van der Waals surface area contributed by atoms with Crippen LogP contribution in [0.15, 0.2) is 24.3 Å². The van der Waals surface area contributed by atoms with Crippen LogP contribution in [-0.4, -0.2) is 22.8 Å². The Morgan fingerprint density at radius 3 is 2.64 bits per heavy atom. The molecule has 14 heavy (non-hydrogen) atoms. The molecule has 0 aliphatic rings. The summed E-state index contributed by atoms with van der Waals surface area (Å²) in [4.78, 5) is 10.9. The SMILES string of the molecule is Cc1cccc(C(N)(CO)C(=O)O)c1. The largest absolute Gasteiger partial charge is 0.480 e. The number of aliphatic carboxylic acids is 1. The summed E-state index contributed by atoms with van der Waals surface area (Å²) in [5, 5.41) is 17.9. The molecule has 0 aliphatic heterocycles. The van der Waals surface area contributed by atoms with E-state index in [0.29, 0.717) is 5.56 Å². The average molecular weight is 195 g/mol. The number of carboxylic acids is 1. The molecule has 1 aromatic carbocycles. The molecule has 0 radical (unpaired) electrons. The van der Waals surface area contributed by atoms with E-state index in [1.165, 1.54) is 0 Å². The Bertz CT molecular complexity index is 351. The van der Waals surface area contributed by atoms with E-state index in [1.54, 1.807) is 18.2 Å². The topological polar surface area (TPSA) is 83.5 Å². The second kappa shape index (κ2) is 3.77. The molecule has 0 bridgehead atoms. The molecule has 0 spiro atoms. The van der Waals surface area contributed by atoms with Crippen molar-refractivity contribution < 1.29 is 15.0 Å². The molecule has 0 fully saturated rings. The van der Waals surface area contributed by atoms with E-state index in [-0.39, 0.29) is 0 Å². The van der Waals surface area contributed by atoms with Crippen molar-refractivity contribution in [2.75, 3.05) is 6.61 Å². The van der Waals surface area contributed by atoms with E-state index in [2.05, 4.69) is 0 Å². The van der Waals surface area contributed by atoms with E-state index < -0.39 is 18.1 Å². The van der Waals surface area contributed by atoms with Crippen LogP contribution in [-0.2, 0) is 10.3 Å². The zero-order valence-corrected chi connectivity index (χ0v) is 7.90. The first-order chi connectivity index (χ1) is 6.50. The Morgan fingerprint density at radius 1 is 1.57 bits per heavy atom. The third-order valence-electron chi connectivity index (χ3n) is 2.16. The van der Waals surface area contributed by atoms with Crippen LogP contribution < -0.4 is 5.73 Å². The molecule has 4 nitrogen and oxygen atoms in total. The fourth-order valence-electron chi connectivity index (χ4n) is 1.20. The highest BCUT2D eigenvalue weighted by Crippen LogP contribution is 2.19. The summed E-state index contributed by atoms with van der Waals surface area (Å²) in [7, 11) is 0. The van der Waals surface area contributed by atoms with Gasteiger partial charge < -0.3 is 15.9 Å². The van der Waals surface area contributed by atoms with Gasteiger partial charge in [-0.3, -0.25) is 0 Å². The maximum atomic E-state index is 10.9. The predicted octanol–water partition coefficient (Wildman–Crippen LogP) is 0.226. The van der Waals surface area contributed by atoms with Gasteiger partial charge in [-0.05, 0) is 12.5 Å². The first-order valence-electron chi connectivity index (χ1n) is 4.21. The van der Waals surface area contributed by atoms with Crippen LogP contribution in [0.25, 0.3) is 0 Å². The Kier molecular flexibility index (Phi) is 2.88. The predicted molar refractivity (Wildman–Crippen MR) is 51.8 cm³/mol. The number of carbonyl (C=O) groups is 1. The van der Waals surface area contributed by atoms with Crippen molar-refractivity contribution >= 4 is 5.97 Å². The van der Waals surface area contributed by atoms with Crippen molar-refractivity contribution in [3.63, 3.8) is 0 Å². The van der Waals surface area contributed by atoms with E-state index in [9.17, 15) is 4.79 Å². The highest BCUT2D eigenvalue weighted by molar-refractivity contribution is 5.80. The molecule has 0 aromatic heterocycles. The summed E-state index contributed by atoms with van der Waals surface area (Å²) in [5.41, 5.74) is 5.20. The molecule has 76 valence electrons. The normalized spacial score (nSPS) is 14.8. The van der Waals surface area contributed by atoms with E-state index in [4.69, 9.17) is 15.9 Å². The van der Waals surface area contributed by atoms with Gasteiger partial charge in [-0.15, -0.1) is 0 Å². The lowest BCUT2D eigenvalue weighted by Crippen LogP contribution is -2.48. The lowest BCUT2D eigenvalue weighted by molar-refractivity contribution is -0.145. The fourth-order valence-corrected chi connectivity index (χ4v) is 1.20. The molecule has 0 aliphatic carbocycles. The van der Waals surface area contributed by atoms with Crippen LogP contribution in [0, 0.1) is 6.92 Å². The molecule has 1 aromatic rings. The summed E-state index contributed by atoms with van der Waals surface area (Å²) in [5.74, 6) is -1.23. The molecule has 4 heteroatoms. The number of hydrogen-bond acceptors (Lipinski definition) is 3. The molecule has 0 saturated carbocycles. The average Bonchev–Trinajstić information content (AvgIpc) is 2.16. The van der Waals surface area contributed by atoms with Gasteiger partial charge >= 0.3 is 5.97 Å². The van der Waals surface area contributed by atoms with Gasteiger partial charge in [0.15, 0.2) is 5.54 Å². The van der Waals surface area contributed by atoms with Crippen molar-refractivity contribution in [2.24, 2.45) is 5.73 Å². The summed E-state index contributed by atoms with van der Waals surface area (Å²) in [6, 6.07) is 6.80. The molecule has 1 atom stereocenters. The lowest BCUT2D eigenvalue weighted by atomic mass is 9.91. The Labute approximate surface area is 82.0 Å². The van der Waals surface area contributed by atoms with Crippen molar-refractivity contribution in [1.82, 2.24) is 0 Å². The van der Waals surface area contributed by atoms with Crippen LogP contribution in [0.5, 0.6) is 0 Å². The number of aliphatic hydroxyl groups excluding tert-OH is 1. The van der Waals surface area contributed by atoms with Gasteiger partial charge in [-0.25, -0.2) is 4.79 Å². The molecule has 1 unspecified atom stereocenters. The molecular formula is C10H13NO3. The van der Waals surface area contributed by atoms with Gasteiger partial charge in [0.1, 0.15) is 0 Å². The first kappa shape index (κ1) is 10.7. The summed E-state index contributed by atoms with van der Waals surface area (Å²) in [6.07, 6.45) is 0. The van der Waals surface area contributed by atoms with Crippen LogP contribution >= 0.6 is 0 Å². The summed E-state index contributed by atoms with van der Waals surface area (Å²) < 4.78 is 0. The van der Waals surface area contributed by atoms with Gasteiger partial charge in [-0.2, -0.15) is 0 Å². The highest BCUT2D eigenvalue weighted by Gasteiger charge is 2.35. The van der Waals surface area contributed by atoms with Crippen LogP contribution in [0.2, 0.25) is 0 Å². The lowest BCUT2D eigenvalue weighted by Gasteiger charge is -2.22. The molecule has 0 amide bonds. The second-order valence-corrected chi connectivity index (χ2v) is 3.30. The van der Waals surface area contributed by atoms with Gasteiger partial charge in [0.05, 0.1) is 6.61 Å². The minimum atomic E-state index is -1.70. The number of hydrogen-bond donors (Lipinski definition) is 3. The van der Waals surface area contributed by atoms with Gasteiger partial charge in [0, 0.05) is 0 Å². The first-order valence-corrected chi connectivity index (χ1v) is 4.21. The number of carboxylic acid groups (broad SMARTS) is 1. The molecule has 0 saturated heterocycles. The number of rotatable bonds is 3. The number of aryl methyl sites for hydroxylation is 1. The Hall–Kier alpha value is -1.39. The second-order valence-electron chi connectivity index (χ2n) is 3.30. The smallest absolute Gasteiger partial charge is 0.330 e. The highest BCUT2D eigenvalue weighted by atomic mass is 16.4. The monoisotopic (exact) mass is 195 g/mol. The number of benzene rings is 1. The van der Waals surface area contributed by atoms with E-state index in [0.717, 1.165) is 5.56 Å². The van der Waals surface area contributed by atoms with Gasteiger partial charge in [-0.1, -0.05) is 29.8 Å². The zero-order valence-electron chi connectivity index (χ0n) is 7.90. The standard InChI is InChI=1S/C10H13NO3/c1-7-3-2-4-8(5-7)10(11,6-12)9(13)14/h2-5,12H,6,11H2,1H3,(H,13,14). The van der Waals surface area contributed by atoms with Gasteiger partial charge in [0.25, 0.3) is 0 Å². The molecule has 1 rings (SSSR count). The molecule has 0 heterocycles. The maximum absolute atomic E-state index is 10.9. The molecular weight excluding hydrogens is 182 g/mol. The van der Waals surface area contributed by atoms with E-state index in [1.807, 2.05) is 13.0 Å². The van der Waals surface area contributed by atoms with Crippen molar-refractivity contribution in [1.29, 1.82) is 0 Å². The molecule has 4 N–H and O–H groups in total. The van der Waals surface area contributed by atoms with Crippen LogP contribution in [0.3, 0.4) is 0 Å². The fraction of sp³-hybridized carbons (Fsp3) is 0.300. The quantitative estimate of drug-likeness (QED) is 0.644. The number of aliphatic hydroxyl groups is 1. The maximum Gasteiger partial charge on any atom is 0.330 e. The van der Waals surface area contributed by atoms with Crippen molar-refractivity contribution in [3.8, 4) is 0 Å². The third kappa shape index (κ3) is 1.76. The van der Waals surface area contributed by atoms with E-state index >= 15 is 0 Å². The minimum Gasteiger partial charge on any atom is -0.480 e. The van der Waals surface area contributed by atoms with Crippen molar-refractivity contribution in [3.05, 3.63) is 35.4 Å². The van der Waals surface area contributed by atoms with Crippen molar-refractivity contribution in [2.45, 2.75) is 12.5 Å². The summed E-state index contributed by atoms with van der Waals surface area (Å²) in [6.45, 7) is 1.22. The Balaban J connectivity index is 3.19. The van der Waals surface area contributed by atoms with Gasteiger partial charge in [0.2, 0.25) is 0 Å². The minimum absolute atomic E-state index is 0.410. The summed E-state index contributed by atoms with van der Waals surface area (Å²) >= 11 is 0. The third-order valence-corrected chi connectivity index (χ3v) is 2.16. The number of nitrogens with two attached hydrogens (primary N) is 1. The van der Waals surface area contributed by atoms with Crippen LogP contribution in [0.1, 0.15) is 11.1 Å². The van der Waals surface area contributed by atoms with Crippen LogP contribution in [0.4, 0.5) is 0 Å².